The van der Waals surface area contributed by atoms with Gasteiger partial charge in [-0.05, 0) is 71.7 Å². The lowest BCUT2D eigenvalue weighted by Crippen LogP contribution is -2.05. The Morgan fingerprint density at radius 1 is 0.471 bits per heavy atom. The minimum atomic E-state index is 0.487. The summed E-state index contributed by atoms with van der Waals surface area (Å²) < 4.78 is 6.35. The molecular weight excluding hydrogens is 625 g/mol. The number of rotatable bonds is 5. The number of aliphatic imine (C=N–C) groups is 1. The molecule has 244 valence electrons. The summed E-state index contributed by atoms with van der Waals surface area (Å²) in [7, 11) is 0. The van der Waals surface area contributed by atoms with E-state index in [4.69, 9.17) is 14.7 Å². The van der Waals surface area contributed by atoms with Crippen molar-refractivity contribution >= 4 is 45.8 Å². The van der Waals surface area contributed by atoms with E-state index in [0.717, 1.165) is 89.2 Å². The number of nitrogens with zero attached hydrogens (tertiary/aromatic N) is 2. The number of aromatic nitrogens is 3. The van der Waals surface area contributed by atoms with Crippen molar-refractivity contribution in [2.24, 2.45) is 4.99 Å². The monoisotopic (exact) mass is 658 g/mol. The van der Waals surface area contributed by atoms with E-state index in [1.165, 1.54) is 0 Å². The van der Waals surface area contributed by atoms with Gasteiger partial charge in [0.05, 0.1) is 23.7 Å². The van der Waals surface area contributed by atoms with E-state index >= 15 is 0 Å². The maximum atomic E-state index is 6.35. The molecule has 9 rings (SSSR count). The number of H-pyrrole nitrogens is 2. The Balaban J connectivity index is 1.51. The van der Waals surface area contributed by atoms with Crippen LogP contribution in [0, 0.1) is 0 Å². The van der Waals surface area contributed by atoms with Crippen molar-refractivity contribution in [2.75, 3.05) is 6.61 Å². The van der Waals surface area contributed by atoms with E-state index in [-0.39, 0.29) is 0 Å². The third-order valence-electron chi connectivity index (χ3n) is 9.39. The molecule has 0 atom stereocenters. The van der Waals surface area contributed by atoms with Gasteiger partial charge in [0.25, 0.3) is 0 Å². The molecule has 7 aromatic rings. The largest absolute Gasteiger partial charge is 0.478 e. The molecule has 0 spiro atoms. The number of benzene rings is 4. The smallest absolute Gasteiger partial charge is 0.222 e. The fraction of sp³-hybridized carbons (Fsp3) is 0.0435. The molecule has 3 aromatic heterocycles. The lowest BCUT2D eigenvalue weighted by molar-refractivity contribution is 0.330. The zero-order valence-electron chi connectivity index (χ0n) is 28.1. The molecule has 0 saturated carbocycles. The second-order valence-electron chi connectivity index (χ2n) is 12.5. The van der Waals surface area contributed by atoms with Gasteiger partial charge in [0.1, 0.15) is 0 Å². The Morgan fingerprint density at radius 2 is 0.863 bits per heavy atom. The molecule has 2 aliphatic heterocycles. The second-order valence-corrected chi connectivity index (χ2v) is 12.5. The number of fused-ring (bicyclic) bond motifs is 8. The molecule has 0 radical (unpaired) electrons. The molecule has 4 aromatic carbocycles. The van der Waals surface area contributed by atoms with Gasteiger partial charge in [-0.1, -0.05) is 121 Å². The van der Waals surface area contributed by atoms with Crippen LogP contribution in [0.15, 0.2) is 157 Å². The summed E-state index contributed by atoms with van der Waals surface area (Å²) >= 11 is 0. The first-order valence-electron chi connectivity index (χ1n) is 17.3. The van der Waals surface area contributed by atoms with Crippen molar-refractivity contribution in [3.05, 3.63) is 169 Å². The van der Waals surface area contributed by atoms with E-state index in [9.17, 15) is 0 Å². The molecule has 0 fully saturated rings. The van der Waals surface area contributed by atoms with Crippen molar-refractivity contribution in [1.29, 1.82) is 0 Å². The van der Waals surface area contributed by atoms with Crippen LogP contribution in [0.2, 0.25) is 0 Å². The summed E-state index contributed by atoms with van der Waals surface area (Å²) in [6, 6.07) is 52.7. The first kappa shape index (κ1) is 30.3. The summed E-state index contributed by atoms with van der Waals surface area (Å²) in [6.45, 7) is 2.49. The standard InChI is InChI=1S/C46H34N4O/c1-2-51-46-34-29-41(50-46)45(33-21-13-6-14-22-33)40-28-27-39(49-40)44(32-19-11-5-12-20-32)38-26-25-37(48-38)43(31-17-9-4-10-18-31)36-24-23-35(47-36)42(34)30-15-7-3-8-16-30/h3-29,47,49H,2H2,1H3. The molecule has 5 heteroatoms. The van der Waals surface area contributed by atoms with Crippen molar-refractivity contribution in [3.8, 4) is 44.5 Å². The van der Waals surface area contributed by atoms with E-state index in [1.807, 2.05) is 31.2 Å². The van der Waals surface area contributed by atoms with Crippen LogP contribution in [0.5, 0.6) is 0 Å². The Labute approximate surface area is 296 Å². The Bertz CT molecular complexity index is 2620. The minimum absolute atomic E-state index is 0.487. The predicted molar refractivity (Wildman–Crippen MR) is 212 cm³/mol. The van der Waals surface area contributed by atoms with Crippen LogP contribution in [0.25, 0.3) is 78.7 Å². The summed E-state index contributed by atoms with van der Waals surface area (Å²) in [5.41, 5.74) is 15.7. The van der Waals surface area contributed by atoms with Crippen LogP contribution < -0.4 is 0 Å². The fourth-order valence-electron chi connectivity index (χ4n) is 7.17. The van der Waals surface area contributed by atoms with Gasteiger partial charge in [0, 0.05) is 49.9 Å². The molecule has 0 aliphatic carbocycles. The average Bonchev–Trinajstić information content (AvgIpc) is 4.01. The zero-order chi connectivity index (χ0) is 34.1. The topological polar surface area (TPSA) is 66.1 Å². The molecule has 0 unspecified atom stereocenters. The lowest BCUT2D eigenvalue weighted by atomic mass is 10.00. The molecule has 5 nitrogen and oxygen atoms in total. The highest BCUT2D eigenvalue weighted by molar-refractivity contribution is 6.10. The van der Waals surface area contributed by atoms with Gasteiger partial charge in [-0.2, -0.15) is 0 Å². The summed E-state index contributed by atoms with van der Waals surface area (Å²) in [5, 5.41) is 0. The molecule has 8 bridgehead atoms. The Hall–Kier alpha value is -6.72. The quantitative estimate of drug-likeness (QED) is 0.193. The number of aromatic amines is 2. The van der Waals surface area contributed by atoms with Gasteiger partial charge in [-0.15, -0.1) is 0 Å². The molecule has 5 heterocycles. The van der Waals surface area contributed by atoms with Gasteiger partial charge in [-0.25, -0.2) is 9.98 Å². The molecule has 2 N–H and O–H groups in total. The Morgan fingerprint density at radius 3 is 1.31 bits per heavy atom. The fourth-order valence-corrected chi connectivity index (χ4v) is 7.17. The number of nitrogens with one attached hydrogen (secondary N) is 2. The van der Waals surface area contributed by atoms with E-state index in [0.29, 0.717) is 12.5 Å². The van der Waals surface area contributed by atoms with Gasteiger partial charge in [0.15, 0.2) is 0 Å². The summed E-state index contributed by atoms with van der Waals surface area (Å²) in [6.07, 6.45) is 4.26. The van der Waals surface area contributed by atoms with Gasteiger partial charge < -0.3 is 14.7 Å². The third kappa shape index (κ3) is 5.55. The predicted octanol–water partition coefficient (Wildman–Crippen LogP) is 11.9. The number of hydrogen-bond acceptors (Lipinski definition) is 3. The van der Waals surface area contributed by atoms with Crippen molar-refractivity contribution in [3.63, 3.8) is 0 Å². The first-order chi connectivity index (χ1) is 25.2. The molecule has 0 amide bonds. The summed E-state index contributed by atoms with van der Waals surface area (Å²) in [4.78, 5) is 18.2. The van der Waals surface area contributed by atoms with Crippen molar-refractivity contribution in [2.45, 2.75) is 6.92 Å². The van der Waals surface area contributed by atoms with Crippen LogP contribution in [-0.2, 0) is 4.74 Å². The van der Waals surface area contributed by atoms with Gasteiger partial charge >= 0.3 is 0 Å². The van der Waals surface area contributed by atoms with Crippen molar-refractivity contribution < 1.29 is 4.74 Å². The summed E-state index contributed by atoms with van der Waals surface area (Å²) in [5.74, 6) is 0.595. The van der Waals surface area contributed by atoms with Crippen LogP contribution >= 0.6 is 0 Å². The van der Waals surface area contributed by atoms with Crippen molar-refractivity contribution in [1.82, 2.24) is 15.0 Å². The minimum Gasteiger partial charge on any atom is -0.478 e. The SMILES string of the molecule is CCOC1=Nc2cc1c(-c1ccccc1)c1ccc([nH]1)c(-c1ccccc1)c1nc(c(-c3ccccc3)c3ccc([nH]3)c2-c2ccccc2)C=C1. The molecule has 2 aliphatic rings. The number of ether oxygens (including phenoxy) is 1. The third-order valence-corrected chi connectivity index (χ3v) is 9.39. The van der Waals surface area contributed by atoms with E-state index in [2.05, 4.69) is 150 Å². The van der Waals surface area contributed by atoms with Crippen LogP contribution in [0.3, 0.4) is 0 Å². The van der Waals surface area contributed by atoms with Crippen LogP contribution in [0.1, 0.15) is 23.9 Å². The maximum Gasteiger partial charge on any atom is 0.222 e. The molecule has 51 heavy (non-hydrogen) atoms. The van der Waals surface area contributed by atoms with Crippen LogP contribution in [0.4, 0.5) is 5.69 Å². The molecular formula is C46H34N4O. The highest BCUT2D eigenvalue weighted by Crippen LogP contribution is 2.41. The van der Waals surface area contributed by atoms with Gasteiger partial charge in [0.2, 0.25) is 5.90 Å². The normalized spacial score (nSPS) is 12.1. The maximum absolute atomic E-state index is 6.35. The second kappa shape index (κ2) is 13.0. The molecule has 0 saturated heterocycles. The highest BCUT2D eigenvalue weighted by Gasteiger charge is 2.23. The van der Waals surface area contributed by atoms with Gasteiger partial charge in [-0.3, -0.25) is 0 Å². The Kier molecular flexibility index (Phi) is 7.71. The van der Waals surface area contributed by atoms with E-state index < -0.39 is 0 Å². The first-order valence-corrected chi connectivity index (χ1v) is 17.3. The number of hydrogen-bond donors (Lipinski definition) is 2. The lowest BCUT2D eigenvalue weighted by Gasteiger charge is -2.09. The van der Waals surface area contributed by atoms with Crippen LogP contribution in [-0.4, -0.2) is 27.5 Å². The highest BCUT2D eigenvalue weighted by atomic mass is 16.5. The zero-order valence-corrected chi connectivity index (χ0v) is 28.1. The van der Waals surface area contributed by atoms with E-state index in [1.54, 1.807) is 0 Å². The average molecular weight is 659 g/mol.